The Morgan fingerprint density at radius 2 is 2.00 bits per heavy atom. The Bertz CT molecular complexity index is 1180. The molecule has 1 saturated heterocycles. The fourth-order valence-corrected chi connectivity index (χ4v) is 6.65. The molecule has 0 radical (unpaired) electrons. The second-order valence-corrected chi connectivity index (χ2v) is 10.5. The van der Waals surface area contributed by atoms with Crippen LogP contribution in [0.4, 0.5) is 4.39 Å². The predicted octanol–water partition coefficient (Wildman–Crippen LogP) is 5.26. The maximum Gasteiger partial charge on any atom is 0.229 e. The highest BCUT2D eigenvalue weighted by atomic mass is 19.1. The minimum Gasteiger partial charge on any atom is -0.335 e. The molecule has 1 aliphatic heterocycles. The zero-order chi connectivity index (χ0) is 21.4. The molecule has 4 fully saturated rings. The molecule has 3 saturated carbocycles. The number of nitrogens with zero attached hydrogens (tertiary/aromatic N) is 3. The molecule has 2 bridgehead atoms. The lowest BCUT2D eigenvalue weighted by Gasteiger charge is -2.70. The van der Waals surface area contributed by atoms with Gasteiger partial charge >= 0.3 is 0 Å². The van der Waals surface area contributed by atoms with Crippen molar-refractivity contribution in [3.8, 4) is 0 Å². The molecule has 3 aliphatic carbocycles. The van der Waals surface area contributed by atoms with E-state index in [9.17, 15) is 9.18 Å². The summed E-state index contributed by atoms with van der Waals surface area (Å²) >= 11 is 0. The average Bonchev–Trinajstić information content (AvgIpc) is 3.26. The van der Waals surface area contributed by atoms with Crippen LogP contribution in [0.1, 0.15) is 49.8 Å². The Hall–Kier alpha value is -2.69. The van der Waals surface area contributed by atoms with Crippen molar-refractivity contribution < 1.29 is 9.18 Å². The first-order chi connectivity index (χ1) is 14.9. The maximum atomic E-state index is 13.8. The van der Waals surface area contributed by atoms with E-state index in [0.717, 1.165) is 44.3 Å². The van der Waals surface area contributed by atoms with Gasteiger partial charge < -0.3 is 4.90 Å². The molecule has 5 heteroatoms. The number of rotatable bonds is 4. The number of hydrogen-bond acceptors (Lipinski definition) is 2. The van der Waals surface area contributed by atoms with E-state index in [1.54, 1.807) is 12.1 Å². The zero-order valence-corrected chi connectivity index (χ0v) is 18.1. The number of carbonyl (C=O) groups is 1. The monoisotopic (exact) mass is 417 g/mol. The minimum absolute atomic E-state index is 0.00136. The normalized spacial score (nSPS) is 31.5. The molecule has 1 aromatic heterocycles. The van der Waals surface area contributed by atoms with Crippen molar-refractivity contribution >= 4 is 16.8 Å². The lowest BCUT2D eigenvalue weighted by Crippen LogP contribution is -2.69. The van der Waals surface area contributed by atoms with Gasteiger partial charge in [-0.3, -0.25) is 9.48 Å². The highest BCUT2D eigenvalue weighted by Gasteiger charge is 2.72. The molecular weight excluding hydrogens is 389 g/mol. The van der Waals surface area contributed by atoms with Crippen LogP contribution < -0.4 is 0 Å². The van der Waals surface area contributed by atoms with E-state index in [2.05, 4.69) is 46.7 Å². The molecule has 2 heterocycles. The van der Waals surface area contributed by atoms with Gasteiger partial charge in [-0.15, -0.1) is 0 Å². The van der Waals surface area contributed by atoms with Crippen LogP contribution in [-0.4, -0.2) is 27.1 Å². The number of fused-ring (bicyclic) bond motifs is 1. The Balaban J connectivity index is 1.18. The number of benzene rings is 2. The summed E-state index contributed by atoms with van der Waals surface area (Å²) in [7, 11) is 0. The van der Waals surface area contributed by atoms with E-state index in [1.165, 1.54) is 22.5 Å². The third-order valence-electron chi connectivity index (χ3n) is 7.88. The second-order valence-electron chi connectivity index (χ2n) is 10.5. The predicted molar refractivity (Wildman–Crippen MR) is 118 cm³/mol. The maximum absolute atomic E-state index is 13.8. The van der Waals surface area contributed by atoms with Crippen molar-refractivity contribution in [3.05, 3.63) is 65.6 Å². The Kier molecular flexibility index (Phi) is 3.93. The molecule has 2 aromatic carbocycles. The van der Waals surface area contributed by atoms with Crippen LogP contribution in [0.5, 0.6) is 0 Å². The van der Waals surface area contributed by atoms with Crippen LogP contribution in [-0.2, 0) is 11.3 Å². The molecule has 2 atom stereocenters. The average molecular weight is 418 g/mol. The number of amides is 1. The fourth-order valence-electron chi connectivity index (χ4n) is 6.65. The van der Waals surface area contributed by atoms with Crippen molar-refractivity contribution in [3.63, 3.8) is 0 Å². The molecule has 160 valence electrons. The van der Waals surface area contributed by atoms with Crippen LogP contribution in [0, 0.1) is 29.5 Å². The van der Waals surface area contributed by atoms with E-state index in [4.69, 9.17) is 0 Å². The van der Waals surface area contributed by atoms with Gasteiger partial charge in [0.15, 0.2) is 0 Å². The van der Waals surface area contributed by atoms with Gasteiger partial charge in [0.05, 0.1) is 23.2 Å². The van der Waals surface area contributed by atoms with Crippen LogP contribution in [0.15, 0.2) is 48.7 Å². The largest absolute Gasteiger partial charge is 0.335 e. The van der Waals surface area contributed by atoms with E-state index in [-0.39, 0.29) is 28.6 Å². The quantitative estimate of drug-likeness (QED) is 0.580. The summed E-state index contributed by atoms with van der Waals surface area (Å²) in [4.78, 5) is 15.7. The lowest BCUT2D eigenvalue weighted by molar-refractivity contribution is -0.222. The van der Waals surface area contributed by atoms with Gasteiger partial charge in [-0.25, -0.2) is 4.39 Å². The van der Waals surface area contributed by atoms with Gasteiger partial charge in [-0.1, -0.05) is 30.7 Å². The van der Waals surface area contributed by atoms with Crippen molar-refractivity contribution in [2.45, 2.75) is 52.1 Å². The van der Waals surface area contributed by atoms with Crippen molar-refractivity contribution in [2.75, 3.05) is 6.54 Å². The van der Waals surface area contributed by atoms with E-state index in [1.807, 2.05) is 12.3 Å². The fraction of sp³-hybridized carbons (Fsp3) is 0.462. The van der Waals surface area contributed by atoms with Crippen molar-refractivity contribution in [2.24, 2.45) is 16.7 Å². The van der Waals surface area contributed by atoms with Crippen LogP contribution in [0.2, 0.25) is 0 Å². The van der Waals surface area contributed by atoms with Crippen LogP contribution >= 0.6 is 0 Å². The molecule has 31 heavy (non-hydrogen) atoms. The van der Waals surface area contributed by atoms with Gasteiger partial charge in [0, 0.05) is 18.5 Å². The smallest absolute Gasteiger partial charge is 0.229 e. The molecule has 4 nitrogen and oxygen atoms in total. The van der Waals surface area contributed by atoms with Crippen LogP contribution in [0.25, 0.3) is 10.9 Å². The molecule has 0 N–H and O–H groups in total. The van der Waals surface area contributed by atoms with E-state index < -0.39 is 0 Å². The summed E-state index contributed by atoms with van der Waals surface area (Å²) in [5.41, 5.74) is 3.36. The third-order valence-corrected chi connectivity index (χ3v) is 7.88. The summed E-state index contributed by atoms with van der Waals surface area (Å²) < 4.78 is 15.9. The molecule has 4 aliphatic rings. The minimum atomic E-state index is -0.226. The number of hydrogen-bond donors (Lipinski definition) is 0. The summed E-state index contributed by atoms with van der Waals surface area (Å²) in [6, 6.07) is 13.2. The molecule has 0 spiro atoms. The lowest BCUT2D eigenvalue weighted by atomic mass is 9.34. The van der Waals surface area contributed by atoms with Crippen LogP contribution in [0.3, 0.4) is 0 Å². The van der Waals surface area contributed by atoms with E-state index in [0.29, 0.717) is 5.92 Å². The summed E-state index contributed by atoms with van der Waals surface area (Å²) in [6.45, 7) is 5.95. The molecular formula is C26H28FN3O. The Morgan fingerprint density at radius 1 is 1.19 bits per heavy atom. The first-order valence-corrected chi connectivity index (χ1v) is 11.4. The summed E-state index contributed by atoms with van der Waals surface area (Å²) in [5.74, 6) is 0.502. The molecule has 1 amide bonds. The van der Waals surface area contributed by atoms with Crippen molar-refractivity contribution in [1.82, 2.24) is 14.7 Å². The number of aromatic nitrogens is 2. The first kappa shape index (κ1) is 19.0. The third kappa shape index (κ3) is 2.85. The second kappa shape index (κ2) is 6.41. The highest BCUT2D eigenvalue weighted by Crippen LogP contribution is 2.74. The summed E-state index contributed by atoms with van der Waals surface area (Å²) in [5, 5.41) is 5.81. The van der Waals surface area contributed by atoms with E-state index >= 15 is 0 Å². The molecule has 3 aromatic rings. The number of aryl methyl sites for hydroxylation is 1. The molecule has 7 rings (SSSR count). The first-order valence-electron chi connectivity index (χ1n) is 11.4. The SMILES string of the molecule is Cc1ccc2c(cnn2CC23CC(C(=O)N4CC(C)CC4c4cccc(F)c4)(C2)C3)c1. The number of likely N-dealkylation sites (tertiary alicyclic amines) is 1. The van der Waals surface area contributed by atoms with Gasteiger partial charge in [0.2, 0.25) is 5.91 Å². The highest BCUT2D eigenvalue weighted by molar-refractivity contribution is 5.87. The van der Waals surface area contributed by atoms with Gasteiger partial charge in [0.25, 0.3) is 0 Å². The summed E-state index contributed by atoms with van der Waals surface area (Å²) in [6.07, 6.45) is 5.71. The zero-order valence-electron chi connectivity index (χ0n) is 18.1. The standard InChI is InChI=1S/C26H28FN3O/c1-17-6-7-22-20(8-17)11-28-30(22)16-25-13-26(14-25,15-25)24(31)29-12-18(2)9-23(29)19-4-3-5-21(27)10-19/h3-8,10-11,18,23H,9,12-16H2,1-2H3. The van der Waals surface area contributed by atoms with Gasteiger partial charge in [0.1, 0.15) is 5.82 Å². The van der Waals surface area contributed by atoms with Gasteiger partial charge in [-0.05, 0) is 73.8 Å². The van der Waals surface area contributed by atoms with Crippen molar-refractivity contribution in [1.29, 1.82) is 0 Å². The number of carbonyl (C=O) groups excluding carboxylic acids is 1. The Labute approximate surface area is 182 Å². The Morgan fingerprint density at radius 3 is 2.77 bits per heavy atom. The number of halogens is 1. The van der Waals surface area contributed by atoms with Gasteiger partial charge in [-0.2, -0.15) is 5.10 Å². The molecule has 2 unspecified atom stereocenters. The topological polar surface area (TPSA) is 38.1 Å².